The Morgan fingerprint density at radius 3 is 2.59 bits per heavy atom. The van der Waals surface area contributed by atoms with E-state index in [-0.39, 0.29) is 37.4 Å². The summed E-state index contributed by atoms with van der Waals surface area (Å²) in [5.74, 6) is -0.0167. The first-order chi connectivity index (χ1) is 13.4. The van der Waals surface area contributed by atoms with Crippen molar-refractivity contribution in [3.05, 3.63) is 64.2 Å². The number of aryl methyl sites for hydroxylation is 3. The van der Waals surface area contributed by atoms with Gasteiger partial charge >= 0.3 is 19.8 Å². The third kappa shape index (κ3) is 6.67. The fraction of sp³-hybridized carbons (Fsp3) is 0.364. The summed E-state index contributed by atoms with van der Waals surface area (Å²) in [6, 6.07) is 11.4. The van der Waals surface area contributed by atoms with Crippen LogP contribution in [0.1, 0.15) is 29.5 Å². The van der Waals surface area contributed by atoms with Crippen molar-refractivity contribution in [1.29, 1.82) is 0 Å². The van der Waals surface area contributed by atoms with Gasteiger partial charge in [-0.15, -0.1) is 25.2 Å². The zero-order valence-corrected chi connectivity index (χ0v) is 20.1. The Labute approximate surface area is 188 Å². The van der Waals surface area contributed by atoms with E-state index in [4.69, 9.17) is 0 Å². The Bertz CT molecular complexity index is 953. The topological polar surface area (TPSA) is 56.1 Å². The van der Waals surface area contributed by atoms with Gasteiger partial charge in [-0.25, -0.2) is 9.37 Å². The molecule has 0 spiro atoms. The SMILES string of the molecule is Cc1[c-]ccc(F)c1.Cc1cc(C)c2sc(NC(=O)C3CC[N-]CC3)nc2c1.[Os+]. The van der Waals surface area contributed by atoms with Gasteiger partial charge < -0.3 is 10.6 Å². The fourth-order valence-electron chi connectivity index (χ4n) is 3.20. The van der Waals surface area contributed by atoms with Crippen molar-refractivity contribution < 1.29 is 29.0 Å². The summed E-state index contributed by atoms with van der Waals surface area (Å²) in [6.07, 6.45) is 1.71. The van der Waals surface area contributed by atoms with Crippen molar-refractivity contribution in [2.24, 2.45) is 5.92 Å². The Morgan fingerprint density at radius 1 is 1.24 bits per heavy atom. The number of hydrogen-bond donors (Lipinski definition) is 1. The molecule has 29 heavy (non-hydrogen) atoms. The molecule has 0 unspecified atom stereocenters. The number of hydrogen-bond acceptors (Lipinski definition) is 3. The summed E-state index contributed by atoms with van der Waals surface area (Å²) in [5, 5.41) is 7.96. The first-order valence-electron chi connectivity index (χ1n) is 9.38. The molecule has 1 saturated heterocycles. The van der Waals surface area contributed by atoms with Gasteiger partial charge in [0.25, 0.3) is 0 Å². The molecular formula is C22H24FN3OOsS-. The molecule has 2 aromatic carbocycles. The number of fused-ring (bicyclic) bond motifs is 1. The van der Waals surface area contributed by atoms with E-state index in [2.05, 4.69) is 47.7 Å². The molecule has 1 radical (unpaired) electrons. The molecule has 1 fully saturated rings. The molecule has 0 atom stereocenters. The van der Waals surface area contributed by atoms with Crippen LogP contribution in [0.5, 0.6) is 0 Å². The van der Waals surface area contributed by atoms with Crippen LogP contribution in [0.3, 0.4) is 0 Å². The van der Waals surface area contributed by atoms with Crippen molar-refractivity contribution in [3.8, 4) is 0 Å². The maximum atomic E-state index is 12.2. The van der Waals surface area contributed by atoms with E-state index in [0.29, 0.717) is 5.13 Å². The largest absolute Gasteiger partial charge is 1.00 e. The van der Waals surface area contributed by atoms with Crippen LogP contribution in [-0.2, 0) is 24.6 Å². The third-order valence-corrected chi connectivity index (χ3v) is 5.72. The Kier molecular flexibility index (Phi) is 8.89. The van der Waals surface area contributed by atoms with Crippen LogP contribution in [0.4, 0.5) is 9.52 Å². The smallest absolute Gasteiger partial charge is 0.662 e. The first-order valence-corrected chi connectivity index (χ1v) is 10.2. The second-order valence-electron chi connectivity index (χ2n) is 7.07. The first kappa shape index (κ1) is 23.6. The molecule has 2 heterocycles. The standard InChI is InChI=1S/C15H18N3OS.C7H6F.Os/c1-9-7-10(2)13-12(8-9)17-15(20-13)18-14(19)11-3-5-16-6-4-11;1-6-3-2-4-7(8)5-6;/h7-8,11H,3-6H2,1-2H3,(H,17,18,19);2,4-5H,1H3;/q2*-1;+1. The number of nitrogens with one attached hydrogen (secondary N) is 1. The van der Waals surface area contributed by atoms with E-state index in [1.54, 1.807) is 17.4 Å². The molecule has 1 N–H and O–H groups in total. The van der Waals surface area contributed by atoms with Crippen LogP contribution in [0.25, 0.3) is 15.5 Å². The number of amides is 1. The van der Waals surface area contributed by atoms with Crippen LogP contribution in [0, 0.1) is 38.6 Å². The van der Waals surface area contributed by atoms with E-state index in [1.165, 1.54) is 23.3 Å². The summed E-state index contributed by atoms with van der Waals surface area (Å²) >= 11 is 1.56. The van der Waals surface area contributed by atoms with E-state index in [1.807, 2.05) is 6.92 Å². The molecule has 0 saturated carbocycles. The van der Waals surface area contributed by atoms with Crippen LogP contribution in [0.15, 0.2) is 30.3 Å². The number of thiazole rings is 1. The maximum absolute atomic E-state index is 12.2. The van der Waals surface area contributed by atoms with Crippen LogP contribution >= 0.6 is 11.3 Å². The molecule has 4 nitrogen and oxygen atoms in total. The van der Waals surface area contributed by atoms with E-state index < -0.39 is 0 Å². The zero-order valence-electron chi connectivity index (χ0n) is 16.7. The monoisotopic (exact) mass is 589 g/mol. The number of carbonyl (C=O) groups is 1. The number of rotatable bonds is 2. The van der Waals surface area contributed by atoms with Crippen molar-refractivity contribution in [2.75, 3.05) is 18.4 Å². The normalized spacial score (nSPS) is 13.9. The number of piperidine rings is 1. The molecule has 0 bridgehead atoms. The van der Waals surface area contributed by atoms with E-state index in [9.17, 15) is 9.18 Å². The van der Waals surface area contributed by atoms with Gasteiger partial charge in [-0.2, -0.15) is 17.7 Å². The minimum Gasteiger partial charge on any atom is -0.662 e. The molecule has 1 aliphatic rings. The van der Waals surface area contributed by atoms with Gasteiger partial charge in [-0.05, 0) is 31.0 Å². The van der Waals surface area contributed by atoms with Crippen molar-refractivity contribution in [2.45, 2.75) is 33.6 Å². The van der Waals surface area contributed by atoms with Crippen LogP contribution in [0.2, 0.25) is 0 Å². The minimum atomic E-state index is -0.193. The van der Waals surface area contributed by atoms with Gasteiger partial charge in [0, 0.05) is 11.7 Å². The maximum Gasteiger partial charge on any atom is 1.00 e. The summed E-state index contributed by atoms with van der Waals surface area (Å²) in [5.41, 5.74) is 4.23. The molecule has 4 rings (SSSR count). The molecule has 1 amide bonds. The Morgan fingerprint density at radius 2 is 1.97 bits per heavy atom. The van der Waals surface area contributed by atoms with Crippen molar-refractivity contribution in [3.63, 3.8) is 0 Å². The van der Waals surface area contributed by atoms with E-state index in [0.717, 1.165) is 41.7 Å². The number of anilines is 1. The van der Waals surface area contributed by atoms with E-state index >= 15 is 0 Å². The van der Waals surface area contributed by atoms with Gasteiger partial charge in [0.05, 0.1) is 10.2 Å². The summed E-state index contributed by atoms with van der Waals surface area (Å²) in [7, 11) is 0. The average molecular weight is 588 g/mol. The molecule has 1 aromatic heterocycles. The Balaban J connectivity index is 0.000000283. The molecule has 0 aliphatic carbocycles. The van der Waals surface area contributed by atoms with Crippen LogP contribution < -0.4 is 5.32 Å². The van der Waals surface area contributed by atoms with Crippen molar-refractivity contribution in [1.82, 2.24) is 4.98 Å². The number of carbonyl (C=O) groups excluding carboxylic acids is 1. The van der Waals surface area contributed by atoms with Crippen LogP contribution in [-0.4, -0.2) is 24.0 Å². The fourth-order valence-corrected chi connectivity index (χ4v) is 4.12. The predicted octanol–water partition coefficient (Wildman–Crippen LogP) is 5.57. The second kappa shape index (κ2) is 10.9. The van der Waals surface area contributed by atoms with Gasteiger partial charge in [0.1, 0.15) is 0 Å². The zero-order chi connectivity index (χ0) is 20.1. The average Bonchev–Trinajstić information content (AvgIpc) is 3.05. The summed E-state index contributed by atoms with van der Waals surface area (Å²) < 4.78 is 13.3. The summed E-state index contributed by atoms with van der Waals surface area (Å²) in [6.45, 7) is 7.56. The minimum absolute atomic E-state index is 0. The Hall–Kier alpha value is -1.67. The molecular weight excluding hydrogens is 564 g/mol. The summed E-state index contributed by atoms with van der Waals surface area (Å²) in [4.78, 5) is 16.7. The number of benzene rings is 2. The van der Waals surface area contributed by atoms with Gasteiger partial charge in [-0.1, -0.05) is 37.2 Å². The van der Waals surface area contributed by atoms with Gasteiger partial charge in [0.15, 0.2) is 5.13 Å². The van der Waals surface area contributed by atoms with Crippen molar-refractivity contribution >= 4 is 32.6 Å². The number of nitrogens with zero attached hydrogens (tertiary/aromatic N) is 2. The molecule has 7 heteroatoms. The quantitative estimate of drug-likeness (QED) is 0.399. The molecule has 3 aromatic rings. The molecule has 1 aliphatic heterocycles. The third-order valence-electron chi connectivity index (χ3n) is 4.60. The second-order valence-corrected chi connectivity index (χ2v) is 8.07. The number of aromatic nitrogens is 1. The van der Waals surface area contributed by atoms with Gasteiger partial charge in [-0.3, -0.25) is 4.79 Å². The van der Waals surface area contributed by atoms with Gasteiger partial charge in [0.2, 0.25) is 5.91 Å². The predicted molar refractivity (Wildman–Crippen MR) is 114 cm³/mol. The number of halogens is 1. The molecule has 155 valence electrons.